The van der Waals surface area contributed by atoms with Crippen LogP contribution in [-0.4, -0.2) is 44.5 Å². The number of aliphatic hydroxyl groups excluding tert-OH is 1. The fourth-order valence-corrected chi connectivity index (χ4v) is 3.29. The summed E-state index contributed by atoms with van der Waals surface area (Å²) in [4.78, 5) is 10.5. The zero-order valence-corrected chi connectivity index (χ0v) is 9.15. The Hall–Kier alpha value is -0.500. The molecule has 1 amide bonds. The summed E-state index contributed by atoms with van der Waals surface area (Å²) in [6.45, 7) is -0.285. The van der Waals surface area contributed by atoms with Crippen LogP contribution in [0.5, 0.6) is 0 Å². The van der Waals surface area contributed by atoms with Crippen LogP contribution in [0.1, 0.15) is 12.8 Å². The molecule has 1 fully saturated rings. The Balaban J connectivity index is 2.46. The molecule has 1 atom stereocenters. The van der Waals surface area contributed by atoms with Crippen molar-refractivity contribution >= 4 is 16.7 Å². The van der Waals surface area contributed by atoms with Crippen molar-refractivity contribution in [1.29, 1.82) is 0 Å². The molecule has 0 aromatic rings. The summed E-state index contributed by atoms with van der Waals surface area (Å²) >= 11 is 0. The van der Waals surface area contributed by atoms with Crippen molar-refractivity contribution in [2.75, 3.05) is 18.1 Å². The van der Waals surface area contributed by atoms with Crippen LogP contribution in [0.25, 0.3) is 0 Å². The zero-order valence-electron chi connectivity index (χ0n) is 8.33. The minimum absolute atomic E-state index is 0.0394. The molecule has 0 bridgehead atoms. The van der Waals surface area contributed by atoms with Crippen LogP contribution in [0.3, 0.4) is 0 Å². The Labute approximate surface area is 89.8 Å². The number of aliphatic hydroxyl groups is 1. The number of nitrogens with two attached hydrogens (primary N) is 1. The molecule has 1 unspecified atom stereocenters. The smallest absolute Gasteiger partial charge is 0.404 e. The van der Waals surface area contributed by atoms with Crippen molar-refractivity contribution in [3.63, 3.8) is 0 Å². The van der Waals surface area contributed by atoms with E-state index in [-0.39, 0.29) is 12.5 Å². The van der Waals surface area contributed by atoms with E-state index in [0.717, 1.165) is 0 Å². The second-order valence-electron chi connectivity index (χ2n) is 3.71. The highest BCUT2D eigenvalue weighted by molar-refractivity contribution is 8.24. The van der Waals surface area contributed by atoms with E-state index >= 15 is 0 Å². The first-order chi connectivity index (χ1) is 6.94. The fourth-order valence-electron chi connectivity index (χ4n) is 1.73. The van der Waals surface area contributed by atoms with Gasteiger partial charge in [0.05, 0.1) is 6.61 Å². The Morgan fingerprint density at radius 3 is 2.40 bits per heavy atom. The van der Waals surface area contributed by atoms with Crippen molar-refractivity contribution in [2.24, 2.45) is 11.7 Å². The minimum Gasteiger partial charge on any atom is -0.444 e. The molecule has 0 aromatic carbocycles. The highest BCUT2D eigenvalue weighted by Gasteiger charge is 2.31. The van der Waals surface area contributed by atoms with Gasteiger partial charge in [0.15, 0.2) is 0 Å². The molecule has 0 aliphatic carbocycles. The van der Waals surface area contributed by atoms with E-state index in [1.54, 1.807) is 0 Å². The maximum atomic E-state index is 10.5. The number of carbonyl (C=O) groups excluding carboxylic acids is 1. The molecule has 0 radical (unpaired) electrons. The van der Waals surface area contributed by atoms with E-state index in [9.17, 15) is 13.9 Å². The van der Waals surface area contributed by atoms with Crippen molar-refractivity contribution in [3.8, 4) is 0 Å². The summed E-state index contributed by atoms with van der Waals surface area (Å²) in [6, 6.07) is 0. The van der Waals surface area contributed by atoms with Crippen LogP contribution in [0, 0.1) is 5.92 Å². The summed E-state index contributed by atoms with van der Waals surface area (Å²) in [7, 11) is -2.44. The lowest BCUT2D eigenvalue weighted by molar-refractivity contribution is 0.0234. The normalized spacial score (nSPS) is 25.5. The van der Waals surface area contributed by atoms with Crippen LogP contribution >= 0.6 is 10.6 Å². The van der Waals surface area contributed by atoms with Crippen molar-refractivity contribution in [1.82, 2.24) is 0 Å². The van der Waals surface area contributed by atoms with Gasteiger partial charge >= 0.3 is 6.09 Å². The van der Waals surface area contributed by atoms with Gasteiger partial charge in [-0.1, -0.05) is 0 Å². The van der Waals surface area contributed by atoms with E-state index < -0.39 is 22.8 Å². The fraction of sp³-hybridized carbons (Fsp3) is 0.875. The number of hydrogen-bond acceptors (Lipinski definition) is 5. The average molecular weight is 239 g/mol. The molecule has 0 aromatic heterocycles. The van der Waals surface area contributed by atoms with Gasteiger partial charge in [-0.2, -0.15) is 10.6 Å². The van der Waals surface area contributed by atoms with E-state index in [4.69, 9.17) is 15.6 Å². The molecule has 1 saturated heterocycles. The Kier molecular flexibility index (Phi) is 4.21. The average Bonchev–Trinajstić information content (AvgIpc) is 2.14. The molecule has 6 nitrogen and oxygen atoms in total. The summed E-state index contributed by atoms with van der Waals surface area (Å²) in [6.07, 6.45) is -0.481. The number of rotatable bonds is 3. The third-order valence-corrected chi connectivity index (χ3v) is 4.38. The maximum Gasteiger partial charge on any atom is 0.404 e. The third kappa shape index (κ3) is 3.86. The molecule has 1 rings (SSSR count). The van der Waals surface area contributed by atoms with Gasteiger partial charge in [0.2, 0.25) is 0 Å². The van der Waals surface area contributed by atoms with Gasteiger partial charge in [0.1, 0.15) is 6.10 Å². The number of amides is 1. The summed E-state index contributed by atoms with van der Waals surface area (Å²) in [5.41, 5.74) is 4.86. The van der Waals surface area contributed by atoms with Gasteiger partial charge in [-0.25, -0.2) is 4.79 Å². The van der Waals surface area contributed by atoms with E-state index in [0.29, 0.717) is 24.3 Å². The first kappa shape index (κ1) is 12.6. The van der Waals surface area contributed by atoms with Gasteiger partial charge in [0, 0.05) is 17.4 Å². The van der Waals surface area contributed by atoms with Crippen LogP contribution in [0.15, 0.2) is 0 Å². The third-order valence-electron chi connectivity index (χ3n) is 2.60. The molecule has 5 N–H and O–H groups in total. The van der Waals surface area contributed by atoms with E-state index in [1.165, 1.54) is 0 Å². The predicted octanol–water partition coefficient (Wildman–Crippen LogP) is 0.603. The van der Waals surface area contributed by atoms with Crippen molar-refractivity contribution < 1.29 is 23.7 Å². The Bertz CT molecular complexity index is 225. The van der Waals surface area contributed by atoms with Gasteiger partial charge < -0.3 is 15.6 Å². The largest absolute Gasteiger partial charge is 0.444 e. The van der Waals surface area contributed by atoms with Gasteiger partial charge in [0.25, 0.3) is 0 Å². The molecule has 7 heteroatoms. The highest BCUT2D eigenvalue weighted by Crippen LogP contribution is 2.46. The van der Waals surface area contributed by atoms with E-state index in [1.807, 2.05) is 0 Å². The quantitative estimate of drug-likeness (QED) is 0.576. The second kappa shape index (κ2) is 5.02. The summed E-state index contributed by atoms with van der Waals surface area (Å²) in [5, 5.41) is 9.01. The first-order valence-corrected chi connectivity index (χ1v) is 6.63. The van der Waals surface area contributed by atoms with Gasteiger partial charge in [-0.05, 0) is 12.8 Å². The molecule has 0 saturated carbocycles. The van der Waals surface area contributed by atoms with Crippen LogP contribution < -0.4 is 5.73 Å². The van der Waals surface area contributed by atoms with Crippen LogP contribution in [-0.2, 0) is 4.74 Å². The predicted molar refractivity (Wildman–Crippen MR) is 56.8 cm³/mol. The first-order valence-electron chi connectivity index (χ1n) is 4.75. The standard InChI is InChI=1S/C8H17NO5S/c9-8(11)14-7(5-10)6-1-3-15(12,13)4-2-6/h6-7,10,12-13H,1-5H2,(H2,9,11). The van der Waals surface area contributed by atoms with Crippen molar-refractivity contribution in [3.05, 3.63) is 0 Å². The van der Waals surface area contributed by atoms with Crippen LogP contribution in [0.2, 0.25) is 0 Å². The lowest BCUT2D eigenvalue weighted by atomic mass is 9.96. The molecule has 15 heavy (non-hydrogen) atoms. The number of primary amides is 1. The second-order valence-corrected chi connectivity index (χ2v) is 6.13. The number of hydrogen-bond donors (Lipinski definition) is 4. The lowest BCUT2D eigenvalue weighted by Crippen LogP contribution is -2.36. The van der Waals surface area contributed by atoms with Gasteiger partial charge in [-0.3, -0.25) is 9.11 Å². The van der Waals surface area contributed by atoms with Crippen LogP contribution in [0.4, 0.5) is 4.79 Å². The number of ether oxygens (including phenoxy) is 1. The summed E-state index contributed by atoms with van der Waals surface area (Å²) in [5.74, 6) is 0.564. The monoisotopic (exact) mass is 239 g/mol. The molecular formula is C8H17NO5S. The highest BCUT2D eigenvalue weighted by atomic mass is 32.3. The number of carbonyl (C=O) groups is 1. The minimum atomic E-state index is -2.44. The molecule has 0 spiro atoms. The summed E-state index contributed by atoms with van der Waals surface area (Å²) < 4.78 is 23.5. The molecule has 1 aliphatic heterocycles. The molecular weight excluding hydrogens is 222 g/mol. The molecule has 1 aliphatic rings. The SMILES string of the molecule is NC(=O)OC(CO)C1CCS(O)(O)CC1. The lowest BCUT2D eigenvalue weighted by Gasteiger charge is -2.40. The van der Waals surface area contributed by atoms with E-state index in [2.05, 4.69) is 0 Å². The Morgan fingerprint density at radius 2 is 2.00 bits per heavy atom. The van der Waals surface area contributed by atoms with Gasteiger partial charge in [-0.15, -0.1) is 0 Å². The molecule has 1 heterocycles. The van der Waals surface area contributed by atoms with Crippen molar-refractivity contribution in [2.45, 2.75) is 18.9 Å². The Morgan fingerprint density at radius 1 is 1.47 bits per heavy atom. The maximum absolute atomic E-state index is 10.5. The topological polar surface area (TPSA) is 113 Å². The zero-order chi connectivity index (χ0) is 11.5. The molecule has 90 valence electrons.